The van der Waals surface area contributed by atoms with E-state index in [2.05, 4.69) is 15.2 Å². The monoisotopic (exact) mass is 370 g/mol. The van der Waals surface area contributed by atoms with Gasteiger partial charge in [-0.2, -0.15) is 0 Å². The number of carbonyl (C=O) groups excluding carboxylic acids is 1. The number of thioether (sulfide) groups is 1. The number of hydrogen-bond donors (Lipinski definition) is 0. The molecule has 0 atom stereocenters. The molecule has 0 fully saturated rings. The van der Waals surface area contributed by atoms with Crippen molar-refractivity contribution in [2.75, 3.05) is 19.9 Å². The number of methoxy groups -OCH3 is 1. The summed E-state index contributed by atoms with van der Waals surface area (Å²) in [5.41, 5.74) is 1.64. The summed E-state index contributed by atoms with van der Waals surface area (Å²) in [7, 11) is 3.35. The first-order valence-corrected chi connectivity index (χ1v) is 8.89. The molecule has 3 aromatic rings. The summed E-state index contributed by atoms with van der Waals surface area (Å²) in [4.78, 5) is 18.1. The van der Waals surface area contributed by atoms with E-state index in [1.54, 1.807) is 25.3 Å². The number of benzene rings is 1. The number of amides is 1. The topological polar surface area (TPSA) is 81.4 Å². The molecule has 3 rings (SSSR count). The van der Waals surface area contributed by atoms with E-state index in [1.165, 1.54) is 11.8 Å². The third-order valence-corrected chi connectivity index (χ3v) is 4.42. The van der Waals surface area contributed by atoms with Gasteiger partial charge >= 0.3 is 0 Å². The Balaban J connectivity index is 1.54. The quantitative estimate of drug-likeness (QED) is 0.592. The Morgan fingerprint density at radius 1 is 1.19 bits per heavy atom. The minimum absolute atomic E-state index is 0.0372. The summed E-state index contributed by atoms with van der Waals surface area (Å²) < 4.78 is 10.7. The van der Waals surface area contributed by atoms with Crippen molar-refractivity contribution in [1.29, 1.82) is 0 Å². The van der Waals surface area contributed by atoms with Crippen LogP contribution in [-0.2, 0) is 11.3 Å². The van der Waals surface area contributed by atoms with Gasteiger partial charge in [-0.05, 0) is 36.4 Å². The average Bonchev–Trinajstić information content (AvgIpc) is 3.16. The lowest BCUT2D eigenvalue weighted by molar-refractivity contribution is -0.127. The maximum atomic E-state index is 12.2. The van der Waals surface area contributed by atoms with Crippen LogP contribution in [0.3, 0.4) is 0 Å². The van der Waals surface area contributed by atoms with E-state index in [1.807, 2.05) is 42.5 Å². The van der Waals surface area contributed by atoms with Crippen LogP contribution in [-0.4, -0.2) is 45.9 Å². The van der Waals surface area contributed by atoms with Crippen LogP contribution in [0.4, 0.5) is 0 Å². The molecule has 0 aliphatic heterocycles. The molecule has 0 unspecified atom stereocenters. The fraction of sp³-hybridized carbons (Fsp3) is 0.222. The molecule has 0 saturated heterocycles. The fourth-order valence-corrected chi connectivity index (χ4v) is 2.88. The molecule has 1 aromatic carbocycles. The smallest absolute Gasteiger partial charge is 0.277 e. The van der Waals surface area contributed by atoms with Crippen molar-refractivity contribution in [3.05, 3.63) is 54.4 Å². The highest BCUT2D eigenvalue weighted by Crippen LogP contribution is 2.25. The zero-order chi connectivity index (χ0) is 18.4. The van der Waals surface area contributed by atoms with E-state index >= 15 is 0 Å². The molecule has 0 spiro atoms. The van der Waals surface area contributed by atoms with E-state index in [0.717, 1.165) is 17.0 Å². The lowest BCUT2D eigenvalue weighted by Gasteiger charge is -2.15. The van der Waals surface area contributed by atoms with Crippen LogP contribution in [0.25, 0.3) is 11.5 Å². The number of carbonyl (C=O) groups is 1. The van der Waals surface area contributed by atoms with Crippen LogP contribution in [0.5, 0.6) is 5.75 Å². The fourth-order valence-electron chi connectivity index (χ4n) is 2.17. The van der Waals surface area contributed by atoms with Gasteiger partial charge in [0.05, 0.1) is 25.1 Å². The number of rotatable bonds is 7. The molecule has 0 radical (unpaired) electrons. The Morgan fingerprint density at radius 3 is 2.69 bits per heavy atom. The van der Waals surface area contributed by atoms with Crippen molar-refractivity contribution in [2.45, 2.75) is 11.8 Å². The first-order chi connectivity index (χ1) is 12.7. The second kappa shape index (κ2) is 8.48. The van der Waals surface area contributed by atoms with Gasteiger partial charge in [0.2, 0.25) is 11.8 Å². The van der Waals surface area contributed by atoms with E-state index in [0.29, 0.717) is 17.7 Å². The van der Waals surface area contributed by atoms with Gasteiger partial charge in [0.15, 0.2) is 0 Å². The Morgan fingerprint density at radius 2 is 2.00 bits per heavy atom. The summed E-state index contributed by atoms with van der Waals surface area (Å²) in [6, 6.07) is 13.0. The summed E-state index contributed by atoms with van der Waals surface area (Å²) in [6.07, 6.45) is 1.71. The molecular weight excluding hydrogens is 352 g/mol. The molecule has 2 heterocycles. The first-order valence-electron chi connectivity index (χ1n) is 7.90. The Kier molecular flexibility index (Phi) is 5.85. The van der Waals surface area contributed by atoms with Crippen LogP contribution in [0, 0.1) is 0 Å². The number of ether oxygens (including phenoxy) is 1. The molecule has 1 amide bonds. The van der Waals surface area contributed by atoms with Crippen LogP contribution in [0.15, 0.2) is 58.3 Å². The second-order valence-electron chi connectivity index (χ2n) is 5.46. The van der Waals surface area contributed by atoms with E-state index < -0.39 is 0 Å². The molecule has 0 aliphatic rings. The second-order valence-corrected chi connectivity index (χ2v) is 6.39. The number of pyridine rings is 1. The Hall–Kier alpha value is -2.87. The third-order valence-electron chi connectivity index (χ3n) is 3.61. The van der Waals surface area contributed by atoms with Gasteiger partial charge in [-0.15, -0.1) is 10.2 Å². The first kappa shape index (κ1) is 17.9. The van der Waals surface area contributed by atoms with Gasteiger partial charge in [-0.1, -0.05) is 17.8 Å². The minimum atomic E-state index is -0.0372. The highest BCUT2D eigenvalue weighted by Gasteiger charge is 2.14. The summed E-state index contributed by atoms with van der Waals surface area (Å²) in [6.45, 7) is 0.459. The van der Waals surface area contributed by atoms with Crippen LogP contribution < -0.4 is 4.74 Å². The molecule has 0 N–H and O–H groups in total. The van der Waals surface area contributed by atoms with Crippen molar-refractivity contribution < 1.29 is 13.9 Å². The lowest BCUT2D eigenvalue weighted by Crippen LogP contribution is -2.28. The minimum Gasteiger partial charge on any atom is -0.497 e. The van der Waals surface area contributed by atoms with Gasteiger partial charge in [0.25, 0.3) is 5.22 Å². The molecule has 134 valence electrons. The van der Waals surface area contributed by atoms with Crippen molar-refractivity contribution in [3.8, 4) is 17.2 Å². The number of aromatic nitrogens is 3. The highest BCUT2D eigenvalue weighted by atomic mass is 32.2. The van der Waals surface area contributed by atoms with Crippen LogP contribution >= 0.6 is 11.8 Å². The number of hydrogen-bond acceptors (Lipinski definition) is 7. The maximum Gasteiger partial charge on any atom is 0.277 e. The summed E-state index contributed by atoms with van der Waals surface area (Å²) in [5.74, 6) is 1.34. The molecule has 26 heavy (non-hydrogen) atoms. The third kappa shape index (κ3) is 4.60. The summed E-state index contributed by atoms with van der Waals surface area (Å²) >= 11 is 1.21. The summed E-state index contributed by atoms with van der Waals surface area (Å²) in [5, 5.41) is 8.36. The van der Waals surface area contributed by atoms with Crippen LogP contribution in [0.2, 0.25) is 0 Å². The Bertz CT molecular complexity index is 852. The standard InChI is InChI=1S/C18H18N4O3S/c1-22(11-14-5-3-4-10-19-14)16(23)12-26-18-21-20-17(25-18)13-6-8-15(24-2)9-7-13/h3-10H,11-12H2,1-2H3. The van der Waals surface area contributed by atoms with Crippen molar-refractivity contribution in [3.63, 3.8) is 0 Å². The van der Waals surface area contributed by atoms with E-state index in [4.69, 9.17) is 9.15 Å². The SMILES string of the molecule is COc1ccc(-c2nnc(SCC(=O)N(C)Cc3ccccn3)o2)cc1. The van der Waals surface area contributed by atoms with Gasteiger partial charge < -0.3 is 14.1 Å². The molecule has 7 nitrogen and oxygen atoms in total. The molecule has 2 aromatic heterocycles. The molecule has 8 heteroatoms. The van der Waals surface area contributed by atoms with E-state index in [9.17, 15) is 4.79 Å². The van der Waals surface area contributed by atoms with E-state index in [-0.39, 0.29) is 11.7 Å². The van der Waals surface area contributed by atoms with Crippen molar-refractivity contribution in [1.82, 2.24) is 20.1 Å². The largest absolute Gasteiger partial charge is 0.497 e. The molecule has 0 bridgehead atoms. The molecular formula is C18H18N4O3S. The van der Waals surface area contributed by atoms with Crippen LogP contribution in [0.1, 0.15) is 5.69 Å². The van der Waals surface area contributed by atoms with Gasteiger partial charge in [0, 0.05) is 18.8 Å². The normalized spacial score (nSPS) is 10.5. The average molecular weight is 370 g/mol. The lowest BCUT2D eigenvalue weighted by atomic mass is 10.2. The zero-order valence-electron chi connectivity index (χ0n) is 14.5. The highest BCUT2D eigenvalue weighted by molar-refractivity contribution is 7.99. The maximum absolute atomic E-state index is 12.2. The predicted octanol–water partition coefficient (Wildman–Crippen LogP) is 2.89. The van der Waals surface area contributed by atoms with Gasteiger partial charge in [-0.3, -0.25) is 9.78 Å². The zero-order valence-corrected chi connectivity index (χ0v) is 15.3. The molecule has 0 saturated carbocycles. The Labute approximate surface area is 155 Å². The predicted molar refractivity (Wildman–Crippen MR) is 97.7 cm³/mol. The van der Waals surface area contributed by atoms with Crippen molar-refractivity contribution >= 4 is 17.7 Å². The molecule has 0 aliphatic carbocycles. The number of nitrogens with zero attached hydrogens (tertiary/aromatic N) is 4. The van der Waals surface area contributed by atoms with Gasteiger partial charge in [-0.25, -0.2) is 0 Å². The van der Waals surface area contributed by atoms with Gasteiger partial charge in [0.1, 0.15) is 5.75 Å². The van der Waals surface area contributed by atoms with Crippen molar-refractivity contribution in [2.24, 2.45) is 0 Å².